The molecule has 3 aromatic rings. The van der Waals surface area contributed by atoms with E-state index < -0.39 is 11.0 Å². The highest BCUT2D eigenvalue weighted by Crippen LogP contribution is 2.67. The number of hydrogen-bond acceptors (Lipinski definition) is 6. The zero-order chi connectivity index (χ0) is 23.9. The molecule has 0 bridgehead atoms. The second kappa shape index (κ2) is 7.65. The summed E-state index contributed by atoms with van der Waals surface area (Å²) in [5, 5.41) is 0. The van der Waals surface area contributed by atoms with Gasteiger partial charge >= 0.3 is 0 Å². The van der Waals surface area contributed by atoms with Gasteiger partial charge in [-0.15, -0.1) is 23.5 Å². The van der Waals surface area contributed by atoms with Gasteiger partial charge in [0.1, 0.15) is 0 Å². The Bertz CT molecular complexity index is 1420. The molecule has 0 amide bonds. The maximum absolute atomic E-state index is 14.8. The van der Waals surface area contributed by atoms with Crippen LogP contribution in [0.25, 0.3) is 0 Å². The molecule has 0 N–H and O–H groups in total. The Morgan fingerprint density at radius 1 is 0.829 bits per heavy atom. The van der Waals surface area contributed by atoms with Crippen molar-refractivity contribution in [3.8, 4) is 0 Å². The van der Waals surface area contributed by atoms with E-state index in [9.17, 15) is 14.4 Å². The molecule has 2 saturated heterocycles. The second-order valence-corrected chi connectivity index (χ2v) is 12.5. The van der Waals surface area contributed by atoms with E-state index in [1.54, 1.807) is 47.8 Å². The van der Waals surface area contributed by atoms with Crippen LogP contribution in [-0.2, 0) is 0 Å². The summed E-state index contributed by atoms with van der Waals surface area (Å²) in [4.78, 5) is 46.8. The molecule has 7 rings (SSSR count). The fourth-order valence-corrected chi connectivity index (χ4v) is 10.0. The van der Waals surface area contributed by atoms with Crippen LogP contribution in [0.2, 0.25) is 0 Å². The first-order valence-corrected chi connectivity index (χ1v) is 14.5. The summed E-state index contributed by atoms with van der Waals surface area (Å²) in [5.41, 5.74) is -0.230. The SMILES string of the molecule is O=C1c2ccccc2C(=O)C12N1CSC[C@@H]1[C@@H](c1cccc(Br)c1)[C@@]21CSc2ccccc2C1=O. The lowest BCUT2D eigenvalue weighted by Gasteiger charge is -2.47. The van der Waals surface area contributed by atoms with Crippen LogP contribution in [0.4, 0.5) is 0 Å². The van der Waals surface area contributed by atoms with Crippen molar-refractivity contribution in [2.75, 3.05) is 17.4 Å². The average Bonchev–Trinajstić information content (AvgIpc) is 3.50. The molecule has 3 aromatic carbocycles. The molecule has 0 radical (unpaired) electrons. The van der Waals surface area contributed by atoms with Gasteiger partial charge in [-0.25, -0.2) is 0 Å². The lowest BCUT2D eigenvalue weighted by atomic mass is 9.58. The summed E-state index contributed by atoms with van der Waals surface area (Å²) in [6, 6.07) is 22.7. The summed E-state index contributed by atoms with van der Waals surface area (Å²) >= 11 is 6.96. The van der Waals surface area contributed by atoms with Crippen molar-refractivity contribution < 1.29 is 14.4 Å². The minimum atomic E-state index is -1.53. The Hall–Kier alpha value is -2.19. The van der Waals surface area contributed by atoms with E-state index in [0.717, 1.165) is 20.7 Å². The predicted molar refractivity (Wildman–Crippen MR) is 142 cm³/mol. The number of rotatable bonds is 1. The van der Waals surface area contributed by atoms with Crippen molar-refractivity contribution in [2.45, 2.75) is 22.4 Å². The Morgan fingerprint density at radius 2 is 1.51 bits per heavy atom. The highest BCUT2D eigenvalue weighted by atomic mass is 79.9. The Labute approximate surface area is 220 Å². The zero-order valence-corrected chi connectivity index (χ0v) is 21.8. The lowest BCUT2D eigenvalue weighted by Crippen LogP contribution is -2.66. The van der Waals surface area contributed by atoms with Crippen LogP contribution in [0, 0.1) is 5.41 Å². The molecule has 3 heterocycles. The molecule has 35 heavy (non-hydrogen) atoms. The number of thioether (sulfide) groups is 2. The van der Waals surface area contributed by atoms with Crippen molar-refractivity contribution in [1.29, 1.82) is 0 Å². The van der Waals surface area contributed by atoms with Gasteiger partial charge in [-0.2, -0.15) is 0 Å². The first kappa shape index (κ1) is 22.0. The highest BCUT2D eigenvalue weighted by Gasteiger charge is 2.80. The first-order valence-electron chi connectivity index (χ1n) is 11.6. The third-order valence-electron chi connectivity index (χ3n) is 8.18. The minimum absolute atomic E-state index is 0.0780. The molecule has 7 heteroatoms. The molecule has 2 spiro atoms. The van der Waals surface area contributed by atoms with Crippen LogP contribution in [0.5, 0.6) is 0 Å². The van der Waals surface area contributed by atoms with E-state index >= 15 is 0 Å². The molecule has 3 atom stereocenters. The molecular formula is C28H20BrNO3S2. The Balaban J connectivity index is 1.57. The fraction of sp³-hybridized carbons (Fsp3) is 0.250. The molecule has 0 saturated carbocycles. The summed E-state index contributed by atoms with van der Waals surface area (Å²) in [6.45, 7) is 0. The van der Waals surface area contributed by atoms with Crippen molar-refractivity contribution in [3.05, 3.63) is 99.5 Å². The van der Waals surface area contributed by atoms with Crippen LogP contribution in [0.3, 0.4) is 0 Å². The summed E-state index contributed by atoms with van der Waals surface area (Å²) in [6.07, 6.45) is 0. The molecule has 2 fully saturated rings. The summed E-state index contributed by atoms with van der Waals surface area (Å²) < 4.78 is 0.923. The number of nitrogens with zero attached hydrogens (tertiary/aromatic N) is 1. The van der Waals surface area contributed by atoms with Crippen LogP contribution in [0.15, 0.2) is 82.2 Å². The van der Waals surface area contributed by atoms with Gasteiger partial charge in [0.25, 0.3) is 0 Å². The maximum atomic E-state index is 14.8. The number of fused-ring (bicyclic) bond motifs is 5. The van der Waals surface area contributed by atoms with Crippen molar-refractivity contribution in [3.63, 3.8) is 0 Å². The van der Waals surface area contributed by atoms with Gasteiger partial charge in [0.05, 0.1) is 5.41 Å². The van der Waals surface area contributed by atoms with E-state index in [1.165, 1.54) is 0 Å². The molecular weight excluding hydrogens is 542 g/mol. The smallest absolute Gasteiger partial charge is 0.192 e. The van der Waals surface area contributed by atoms with Crippen LogP contribution < -0.4 is 0 Å². The van der Waals surface area contributed by atoms with E-state index in [2.05, 4.69) is 26.9 Å². The van der Waals surface area contributed by atoms with Gasteiger partial charge in [0, 0.05) is 55.4 Å². The quantitative estimate of drug-likeness (QED) is 0.354. The van der Waals surface area contributed by atoms with Crippen molar-refractivity contribution >= 4 is 56.8 Å². The Morgan fingerprint density at radius 3 is 2.23 bits per heavy atom. The number of hydrogen-bond donors (Lipinski definition) is 0. The highest BCUT2D eigenvalue weighted by molar-refractivity contribution is 9.10. The minimum Gasteiger partial charge on any atom is -0.293 e. The molecule has 3 aliphatic heterocycles. The van der Waals surface area contributed by atoms with Crippen LogP contribution in [0.1, 0.15) is 42.6 Å². The molecule has 0 aromatic heterocycles. The molecule has 174 valence electrons. The monoisotopic (exact) mass is 561 g/mol. The third kappa shape index (κ3) is 2.57. The van der Waals surface area contributed by atoms with Crippen LogP contribution >= 0.6 is 39.5 Å². The van der Waals surface area contributed by atoms with Gasteiger partial charge in [-0.1, -0.05) is 70.5 Å². The number of Topliss-reactive ketones (excluding diaryl/α,β-unsaturated/α-hetero) is 3. The standard InChI is InChI=1S/C28H20BrNO3S2/c29-17-7-5-6-16(12-17)23-21-13-34-15-30(21)28(25(32)18-8-1-2-9-19(18)26(28)33)27(23)14-35-22-11-4-3-10-20(22)24(27)31/h1-12,21,23H,13-15H2/t21-,23-,27-/m1/s1. The maximum Gasteiger partial charge on any atom is 0.192 e. The molecule has 1 aliphatic carbocycles. The third-order valence-corrected chi connectivity index (χ3v) is 11.0. The number of carbonyl (C=O) groups excluding carboxylic acids is 3. The first-order chi connectivity index (χ1) is 17.0. The van der Waals surface area contributed by atoms with Gasteiger partial charge in [0.2, 0.25) is 0 Å². The van der Waals surface area contributed by atoms with E-state index in [4.69, 9.17) is 0 Å². The largest absolute Gasteiger partial charge is 0.293 e. The van der Waals surface area contributed by atoms with Crippen LogP contribution in [-0.4, -0.2) is 51.2 Å². The van der Waals surface area contributed by atoms with Gasteiger partial charge < -0.3 is 0 Å². The molecule has 4 nitrogen and oxygen atoms in total. The second-order valence-electron chi connectivity index (χ2n) is 9.57. The predicted octanol–water partition coefficient (Wildman–Crippen LogP) is 5.71. The van der Waals surface area contributed by atoms with Gasteiger partial charge in [-0.3, -0.25) is 19.3 Å². The van der Waals surface area contributed by atoms with Crippen molar-refractivity contribution in [1.82, 2.24) is 4.90 Å². The van der Waals surface area contributed by atoms with E-state index in [1.807, 2.05) is 42.5 Å². The van der Waals surface area contributed by atoms with Crippen molar-refractivity contribution in [2.24, 2.45) is 5.41 Å². The molecule has 0 unspecified atom stereocenters. The Kier molecular flexibility index (Phi) is 4.82. The van der Waals surface area contributed by atoms with E-state index in [-0.39, 0.29) is 29.3 Å². The zero-order valence-electron chi connectivity index (χ0n) is 18.6. The fourth-order valence-electron chi connectivity index (χ4n) is 6.91. The number of benzene rings is 3. The number of halogens is 1. The average molecular weight is 563 g/mol. The topological polar surface area (TPSA) is 54.5 Å². The summed E-state index contributed by atoms with van der Waals surface area (Å²) in [7, 11) is 0. The van der Waals surface area contributed by atoms with Gasteiger partial charge in [-0.05, 0) is 23.8 Å². The summed E-state index contributed by atoms with van der Waals surface area (Å²) in [5.74, 6) is 0.937. The normalized spacial score (nSPS) is 28.5. The van der Waals surface area contributed by atoms with E-state index in [0.29, 0.717) is 28.3 Å². The van der Waals surface area contributed by atoms with Gasteiger partial charge in [0.15, 0.2) is 22.9 Å². The lowest BCUT2D eigenvalue weighted by molar-refractivity contribution is 0.0340. The number of carbonyl (C=O) groups is 3. The molecule has 4 aliphatic rings. The number of ketones is 3.